The normalized spacial score (nSPS) is 43.3. The predicted octanol–water partition coefficient (Wildman–Crippen LogP) is 10.5. The summed E-state index contributed by atoms with van der Waals surface area (Å²) in [4.78, 5) is 0. The highest BCUT2D eigenvalue weighted by Gasteiger charge is 2.60. The number of allylic oxidation sites excluding steroid dienone is 1. The van der Waals surface area contributed by atoms with Crippen molar-refractivity contribution in [3.8, 4) is 0 Å². The Morgan fingerprint density at radius 3 is 2.06 bits per heavy atom. The minimum Gasteiger partial charge on any atom is -0.0998 e. The molecular weight excluding hydrogens is 372 g/mol. The minimum absolute atomic E-state index is 0.541. The average molecular weight is 431 g/mol. The summed E-state index contributed by atoms with van der Waals surface area (Å²) in [6.07, 6.45) is 17.8. The average Bonchev–Trinajstić information content (AvgIpc) is 2.94. The van der Waals surface area contributed by atoms with Crippen LogP contribution in [0.3, 0.4) is 0 Å². The lowest BCUT2D eigenvalue weighted by molar-refractivity contribution is -0.146. The van der Waals surface area contributed by atoms with Gasteiger partial charge in [0, 0.05) is 0 Å². The first-order chi connectivity index (χ1) is 14.7. The van der Waals surface area contributed by atoms with Gasteiger partial charge in [0.2, 0.25) is 0 Å². The van der Waals surface area contributed by atoms with E-state index in [4.69, 9.17) is 0 Å². The number of rotatable bonds is 2. The third-order valence-corrected chi connectivity index (χ3v) is 10.6. The Morgan fingerprint density at radius 2 is 1.45 bits per heavy atom. The molecule has 0 heteroatoms. The zero-order valence-electron chi connectivity index (χ0n) is 23.1. The highest BCUT2D eigenvalue weighted by Crippen LogP contribution is 2.68. The fourth-order valence-corrected chi connectivity index (χ4v) is 9.33. The van der Waals surface area contributed by atoms with Crippen LogP contribution in [-0.2, 0) is 0 Å². The smallest absolute Gasteiger partial charge is 0.0152 e. The van der Waals surface area contributed by atoms with E-state index in [1.54, 1.807) is 0 Å². The van der Waals surface area contributed by atoms with Gasteiger partial charge in [-0.05, 0) is 117 Å². The molecule has 0 N–H and O–H groups in total. The molecule has 7 unspecified atom stereocenters. The van der Waals surface area contributed by atoms with Gasteiger partial charge in [-0.1, -0.05) is 80.4 Å². The number of hydrogen-bond acceptors (Lipinski definition) is 0. The topological polar surface area (TPSA) is 0 Å². The van der Waals surface area contributed by atoms with Gasteiger partial charge in [0.05, 0.1) is 0 Å². The molecule has 4 aliphatic rings. The van der Waals surface area contributed by atoms with Crippen LogP contribution in [0.4, 0.5) is 0 Å². The first-order valence-electron chi connectivity index (χ1n) is 14.4. The molecule has 7 atom stereocenters. The molecule has 0 nitrogen and oxygen atoms in total. The van der Waals surface area contributed by atoms with Crippen molar-refractivity contribution in [2.45, 2.75) is 139 Å². The largest absolute Gasteiger partial charge is 0.0998 e. The number of fused-ring (bicyclic) bond motifs is 5. The van der Waals surface area contributed by atoms with Crippen LogP contribution in [-0.4, -0.2) is 0 Å². The number of hydrogen-bond donors (Lipinski definition) is 0. The molecular formula is C31H58. The summed E-state index contributed by atoms with van der Waals surface area (Å²) in [5, 5.41) is 0. The monoisotopic (exact) mass is 430 g/mol. The fraction of sp³-hybridized carbons (Fsp3) is 0.935. The van der Waals surface area contributed by atoms with Gasteiger partial charge in [-0.25, -0.2) is 0 Å². The van der Waals surface area contributed by atoms with E-state index in [0.29, 0.717) is 16.2 Å². The molecule has 0 aromatic rings. The summed E-state index contributed by atoms with van der Waals surface area (Å²) < 4.78 is 0. The summed E-state index contributed by atoms with van der Waals surface area (Å²) in [7, 11) is 0. The maximum Gasteiger partial charge on any atom is -0.0152 e. The third-order valence-electron chi connectivity index (χ3n) is 10.6. The second kappa shape index (κ2) is 10.8. The van der Waals surface area contributed by atoms with Crippen molar-refractivity contribution in [1.82, 2.24) is 0 Å². The molecule has 0 bridgehead atoms. The van der Waals surface area contributed by atoms with Crippen LogP contribution < -0.4 is 0 Å². The van der Waals surface area contributed by atoms with Crippen molar-refractivity contribution >= 4 is 0 Å². The van der Waals surface area contributed by atoms with Crippen LogP contribution in [0.2, 0.25) is 0 Å². The van der Waals surface area contributed by atoms with Crippen molar-refractivity contribution in [2.24, 2.45) is 45.8 Å². The highest BCUT2D eigenvalue weighted by molar-refractivity contribution is 5.13. The first-order valence-corrected chi connectivity index (χ1v) is 14.4. The lowest BCUT2D eigenvalue weighted by atomic mass is 9.41. The van der Waals surface area contributed by atoms with Gasteiger partial charge < -0.3 is 0 Å². The van der Waals surface area contributed by atoms with E-state index in [1.807, 2.05) is 27.7 Å². The van der Waals surface area contributed by atoms with E-state index in [-0.39, 0.29) is 0 Å². The molecule has 0 heterocycles. The van der Waals surface area contributed by atoms with Gasteiger partial charge in [0.1, 0.15) is 0 Å². The van der Waals surface area contributed by atoms with Crippen molar-refractivity contribution in [3.63, 3.8) is 0 Å². The summed E-state index contributed by atoms with van der Waals surface area (Å²) in [5.74, 6) is 4.81. The summed E-state index contributed by atoms with van der Waals surface area (Å²) in [6, 6.07) is 0. The van der Waals surface area contributed by atoms with Gasteiger partial charge in [0.25, 0.3) is 0 Å². The predicted molar refractivity (Wildman–Crippen MR) is 140 cm³/mol. The lowest BCUT2D eigenvalue weighted by Crippen LogP contribution is -2.56. The van der Waals surface area contributed by atoms with Crippen LogP contribution in [0.15, 0.2) is 12.2 Å². The van der Waals surface area contributed by atoms with E-state index in [2.05, 4.69) is 41.2 Å². The zero-order chi connectivity index (χ0) is 23.4. The van der Waals surface area contributed by atoms with Gasteiger partial charge in [-0.3, -0.25) is 0 Å². The third kappa shape index (κ3) is 4.84. The van der Waals surface area contributed by atoms with Crippen LogP contribution in [0.5, 0.6) is 0 Å². The Bertz CT molecular complexity index is 571. The molecule has 0 spiro atoms. The second-order valence-corrected chi connectivity index (χ2v) is 12.3. The quantitative estimate of drug-likeness (QED) is 0.382. The Labute approximate surface area is 197 Å². The fourth-order valence-electron chi connectivity index (χ4n) is 9.33. The summed E-state index contributed by atoms with van der Waals surface area (Å²) >= 11 is 0. The van der Waals surface area contributed by atoms with Crippen LogP contribution in [0.25, 0.3) is 0 Å². The van der Waals surface area contributed by atoms with Crippen LogP contribution >= 0.6 is 0 Å². The summed E-state index contributed by atoms with van der Waals surface area (Å²) in [6.45, 7) is 25.1. The molecule has 4 aliphatic carbocycles. The molecule has 4 fully saturated rings. The molecule has 0 radical (unpaired) electrons. The maximum atomic E-state index is 4.47. The van der Waals surface area contributed by atoms with E-state index >= 15 is 0 Å². The van der Waals surface area contributed by atoms with E-state index in [9.17, 15) is 0 Å². The van der Waals surface area contributed by atoms with Gasteiger partial charge in [-0.2, -0.15) is 0 Å². The molecule has 0 saturated heterocycles. The molecule has 0 aromatic heterocycles. The van der Waals surface area contributed by atoms with Gasteiger partial charge >= 0.3 is 0 Å². The maximum absolute atomic E-state index is 4.47. The molecule has 4 saturated carbocycles. The molecule has 4 rings (SSSR count). The first kappa shape index (κ1) is 27.0. The Balaban J connectivity index is 0.000000807. The van der Waals surface area contributed by atoms with Crippen molar-refractivity contribution < 1.29 is 0 Å². The molecule has 31 heavy (non-hydrogen) atoms. The van der Waals surface area contributed by atoms with Crippen LogP contribution in [0, 0.1) is 45.8 Å². The SMILES string of the molecule is C=C(C)C1CCCCC2C3CCC4CC(C)(C)CCC4(CC)C3CCC12C.CC.CC. The van der Waals surface area contributed by atoms with Gasteiger partial charge in [-0.15, -0.1) is 0 Å². The lowest BCUT2D eigenvalue weighted by Gasteiger charge is -2.64. The molecule has 0 aromatic carbocycles. The van der Waals surface area contributed by atoms with Crippen molar-refractivity contribution in [1.29, 1.82) is 0 Å². The zero-order valence-corrected chi connectivity index (χ0v) is 23.1. The molecule has 182 valence electrons. The van der Waals surface area contributed by atoms with E-state index in [0.717, 1.165) is 29.6 Å². The Kier molecular flexibility index (Phi) is 9.38. The van der Waals surface area contributed by atoms with Crippen molar-refractivity contribution in [2.75, 3.05) is 0 Å². The second-order valence-electron chi connectivity index (χ2n) is 12.3. The Morgan fingerprint density at radius 1 is 0.806 bits per heavy atom. The van der Waals surface area contributed by atoms with Crippen LogP contribution in [0.1, 0.15) is 139 Å². The standard InChI is InChI=1S/C27H46.2C2H6/c1-7-27-17-16-25(4,5)18-20(27)12-13-21-23-11-9-8-10-22(19(2)3)26(23,6)15-14-24(21)27;2*1-2/h20-24H,2,7-18H2,1,3-6H3;2*1-2H3. The molecule has 0 amide bonds. The van der Waals surface area contributed by atoms with E-state index < -0.39 is 0 Å². The summed E-state index contributed by atoms with van der Waals surface area (Å²) in [5.41, 5.74) is 3.30. The van der Waals surface area contributed by atoms with Crippen molar-refractivity contribution in [3.05, 3.63) is 12.2 Å². The minimum atomic E-state index is 0.541. The van der Waals surface area contributed by atoms with E-state index in [1.165, 1.54) is 82.6 Å². The highest BCUT2D eigenvalue weighted by atomic mass is 14.6. The van der Waals surface area contributed by atoms with Gasteiger partial charge in [0.15, 0.2) is 0 Å². The molecule has 0 aliphatic heterocycles. The Hall–Kier alpha value is -0.260.